The van der Waals surface area contributed by atoms with Crippen LogP contribution in [0.4, 0.5) is 0 Å². The van der Waals surface area contributed by atoms with Gasteiger partial charge in [0.1, 0.15) is 0 Å². The van der Waals surface area contributed by atoms with E-state index in [4.69, 9.17) is 0 Å². The fraction of sp³-hybridized carbons (Fsp3) is 0.571. The van der Waals surface area contributed by atoms with Gasteiger partial charge >= 0.3 is 0 Å². The first kappa shape index (κ1) is 10.7. The summed E-state index contributed by atoms with van der Waals surface area (Å²) in [6.07, 6.45) is 2.56. The van der Waals surface area contributed by atoms with Crippen molar-refractivity contribution in [2.45, 2.75) is 26.7 Å². The van der Waals surface area contributed by atoms with E-state index >= 15 is 0 Å². The molecule has 1 saturated heterocycles. The summed E-state index contributed by atoms with van der Waals surface area (Å²) < 4.78 is 0. The third-order valence-corrected chi connectivity index (χ3v) is 3.57. The highest BCUT2D eigenvalue weighted by Crippen LogP contribution is 2.22. The van der Waals surface area contributed by atoms with E-state index < -0.39 is 0 Å². The molecular formula is C14H21N. The van der Waals surface area contributed by atoms with Gasteiger partial charge in [-0.25, -0.2) is 0 Å². The van der Waals surface area contributed by atoms with Crippen molar-refractivity contribution in [3.05, 3.63) is 35.4 Å². The zero-order valence-corrected chi connectivity index (χ0v) is 9.79. The quantitative estimate of drug-likeness (QED) is 0.779. The van der Waals surface area contributed by atoms with E-state index in [-0.39, 0.29) is 0 Å². The molecule has 0 amide bonds. The van der Waals surface area contributed by atoms with Crippen LogP contribution in [0.25, 0.3) is 0 Å². The van der Waals surface area contributed by atoms with E-state index in [1.165, 1.54) is 37.1 Å². The third-order valence-electron chi connectivity index (χ3n) is 3.57. The van der Waals surface area contributed by atoms with Gasteiger partial charge in [0.25, 0.3) is 0 Å². The molecule has 15 heavy (non-hydrogen) atoms. The lowest BCUT2D eigenvalue weighted by atomic mass is 9.83. The first-order chi connectivity index (χ1) is 7.25. The van der Waals surface area contributed by atoms with Gasteiger partial charge in [0.2, 0.25) is 0 Å². The van der Waals surface area contributed by atoms with Crippen LogP contribution in [-0.2, 0) is 6.42 Å². The lowest BCUT2D eigenvalue weighted by molar-refractivity contribution is 0.272. The maximum absolute atomic E-state index is 3.50. The Bertz CT molecular complexity index is 319. The molecule has 2 atom stereocenters. The molecule has 0 aliphatic carbocycles. The molecule has 1 heteroatoms. The second-order valence-corrected chi connectivity index (χ2v) is 4.92. The summed E-state index contributed by atoms with van der Waals surface area (Å²) in [7, 11) is 0. The Balaban J connectivity index is 2.01. The summed E-state index contributed by atoms with van der Waals surface area (Å²) in [5, 5.41) is 3.50. The summed E-state index contributed by atoms with van der Waals surface area (Å²) in [6, 6.07) is 8.92. The summed E-state index contributed by atoms with van der Waals surface area (Å²) >= 11 is 0. The normalized spacial score (nSPS) is 26.5. The summed E-state index contributed by atoms with van der Waals surface area (Å²) in [6.45, 7) is 6.95. The van der Waals surface area contributed by atoms with Crippen molar-refractivity contribution >= 4 is 0 Å². The van der Waals surface area contributed by atoms with Gasteiger partial charge in [-0.3, -0.25) is 0 Å². The zero-order chi connectivity index (χ0) is 10.7. The van der Waals surface area contributed by atoms with Crippen LogP contribution in [0.2, 0.25) is 0 Å². The smallest absolute Gasteiger partial charge is 0.00148 e. The van der Waals surface area contributed by atoms with Gasteiger partial charge in [0.05, 0.1) is 0 Å². The Labute approximate surface area is 92.9 Å². The van der Waals surface area contributed by atoms with Gasteiger partial charge in [-0.15, -0.1) is 0 Å². The zero-order valence-electron chi connectivity index (χ0n) is 9.79. The van der Waals surface area contributed by atoms with Crippen molar-refractivity contribution < 1.29 is 0 Å². The van der Waals surface area contributed by atoms with Crippen LogP contribution in [0.1, 0.15) is 24.5 Å². The van der Waals surface area contributed by atoms with E-state index in [0.717, 1.165) is 11.8 Å². The van der Waals surface area contributed by atoms with Gasteiger partial charge in [0.15, 0.2) is 0 Å². The minimum Gasteiger partial charge on any atom is -0.316 e. The number of rotatable bonds is 2. The Morgan fingerprint density at radius 1 is 1.40 bits per heavy atom. The van der Waals surface area contributed by atoms with Gasteiger partial charge in [-0.1, -0.05) is 36.8 Å². The number of aryl methyl sites for hydroxylation is 1. The standard InChI is InChI=1S/C14H21N/c1-11-4-3-5-13(8-11)9-14-10-15-7-6-12(14)2/h3-5,8,12,14-15H,6-7,9-10H2,1-2H3. The molecule has 1 N–H and O–H groups in total. The highest BCUT2D eigenvalue weighted by molar-refractivity contribution is 5.22. The van der Waals surface area contributed by atoms with Crippen molar-refractivity contribution in [3.63, 3.8) is 0 Å². The Morgan fingerprint density at radius 2 is 2.27 bits per heavy atom. The molecule has 2 unspecified atom stereocenters. The average molecular weight is 203 g/mol. The number of piperidine rings is 1. The minimum absolute atomic E-state index is 0.820. The maximum Gasteiger partial charge on any atom is -0.00148 e. The van der Waals surface area contributed by atoms with E-state index in [1.54, 1.807) is 0 Å². The summed E-state index contributed by atoms with van der Waals surface area (Å²) in [4.78, 5) is 0. The van der Waals surface area contributed by atoms with Crippen LogP contribution in [0.5, 0.6) is 0 Å². The van der Waals surface area contributed by atoms with Gasteiger partial charge in [-0.2, -0.15) is 0 Å². The molecular weight excluding hydrogens is 182 g/mol. The molecule has 0 saturated carbocycles. The Morgan fingerprint density at radius 3 is 3.00 bits per heavy atom. The predicted octanol–water partition coefficient (Wildman–Crippen LogP) is 2.78. The van der Waals surface area contributed by atoms with Crippen LogP contribution in [0.3, 0.4) is 0 Å². The van der Waals surface area contributed by atoms with E-state index in [0.29, 0.717) is 0 Å². The molecule has 0 aromatic heterocycles. The molecule has 0 bridgehead atoms. The van der Waals surface area contributed by atoms with Crippen LogP contribution in [-0.4, -0.2) is 13.1 Å². The van der Waals surface area contributed by atoms with Crippen molar-refractivity contribution in [1.29, 1.82) is 0 Å². The third kappa shape index (κ3) is 2.82. The fourth-order valence-electron chi connectivity index (χ4n) is 2.47. The second-order valence-electron chi connectivity index (χ2n) is 4.92. The molecule has 1 aromatic carbocycles. The molecule has 1 fully saturated rings. The topological polar surface area (TPSA) is 12.0 Å². The molecule has 0 radical (unpaired) electrons. The molecule has 1 aromatic rings. The first-order valence-corrected chi connectivity index (χ1v) is 6.02. The van der Waals surface area contributed by atoms with Crippen molar-refractivity contribution in [2.75, 3.05) is 13.1 Å². The first-order valence-electron chi connectivity index (χ1n) is 6.02. The Kier molecular flexibility index (Phi) is 3.42. The summed E-state index contributed by atoms with van der Waals surface area (Å²) in [5.41, 5.74) is 2.87. The average Bonchev–Trinajstić information content (AvgIpc) is 2.22. The maximum atomic E-state index is 3.50. The van der Waals surface area contributed by atoms with Gasteiger partial charge in [-0.05, 0) is 50.3 Å². The lowest BCUT2D eigenvalue weighted by Crippen LogP contribution is -2.36. The van der Waals surface area contributed by atoms with Crippen LogP contribution >= 0.6 is 0 Å². The SMILES string of the molecule is Cc1cccc(CC2CNCCC2C)c1. The van der Waals surface area contributed by atoms with Gasteiger partial charge < -0.3 is 5.32 Å². The number of hydrogen-bond acceptors (Lipinski definition) is 1. The van der Waals surface area contributed by atoms with Crippen LogP contribution in [0, 0.1) is 18.8 Å². The molecule has 1 aliphatic heterocycles. The highest BCUT2D eigenvalue weighted by Gasteiger charge is 2.20. The molecule has 1 nitrogen and oxygen atoms in total. The predicted molar refractivity (Wildman–Crippen MR) is 65.0 cm³/mol. The van der Waals surface area contributed by atoms with E-state index in [2.05, 4.69) is 43.4 Å². The molecule has 82 valence electrons. The second kappa shape index (κ2) is 4.80. The largest absolute Gasteiger partial charge is 0.316 e. The van der Waals surface area contributed by atoms with Crippen LogP contribution in [0.15, 0.2) is 24.3 Å². The molecule has 0 spiro atoms. The minimum atomic E-state index is 0.820. The van der Waals surface area contributed by atoms with E-state index in [9.17, 15) is 0 Å². The number of nitrogens with one attached hydrogen (secondary N) is 1. The van der Waals surface area contributed by atoms with Gasteiger partial charge in [0, 0.05) is 0 Å². The number of benzene rings is 1. The van der Waals surface area contributed by atoms with Crippen molar-refractivity contribution in [2.24, 2.45) is 11.8 Å². The lowest BCUT2D eigenvalue weighted by Gasteiger charge is -2.29. The summed E-state index contributed by atoms with van der Waals surface area (Å²) in [5.74, 6) is 1.69. The van der Waals surface area contributed by atoms with E-state index in [1.807, 2.05) is 0 Å². The Hall–Kier alpha value is -0.820. The van der Waals surface area contributed by atoms with Crippen molar-refractivity contribution in [1.82, 2.24) is 5.32 Å². The van der Waals surface area contributed by atoms with Crippen molar-refractivity contribution in [3.8, 4) is 0 Å². The highest BCUT2D eigenvalue weighted by atomic mass is 14.9. The molecule has 1 aliphatic rings. The van der Waals surface area contributed by atoms with Crippen LogP contribution < -0.4 is 5.32 Å². The number of hydrogen-bond donors (Lipinski definition) is 1. The fourth-order valence-corrected chi connectivity index (χ4v) is 2.47. The molecule has 2 rings (SSSR count). The molecule has 1 heterocycles. The monoisotopic (exact) mass is 203 g/mol.